The summed E-state index contributed by atoms with van der Waals surface area (Å²) in [7, 11) is 0. The summed E-state index contributed by atoms with van der Waals surface area (Å²) < 4.78 is 13.2. The lowest BCUT2D eigenvalue weighted by molar-refractivity contribution is -0.124. The van der Waals surface area contributed by atoms with Gasteiger partial charge in [-0.2, -0.15) is 5.26 Å². The fourth-order valence-electron chi connectivity index (χ4n) is 3.57. The standard InChI is InChI=1S/C18H17FN2OS/c1-18(2)7-13-16(14(22)8-18)15(12(9-20)17(23)21-13)10-3-5-11(19)6-4-10/h3-6,15-16,23H,7-8H2,1-2H3/t15-,16?/m0/s1. The average molecular weight is 328 g/mol. The summed E-state index contributed by atoms with van der Waals surface area (Å²) in [4.78, 5) is 17.2. The second kappa shape index (κ2) is 5.61. The Hall–Kier alpha value is -1.93. The summed E-state index contributed by atoms with van der Waals surface area (Å²) in [5.74, 6) is -1.13. The van der Waals surface area contributed by atoms with Crippen LogP contribution >= 0.6 is 12.6 Å². The molecule has 0 aromatic heterocycles. The number of hydrogen-bond acceptors (Lipinski definition) is 4. The lowest BCUT2D eigenvalue weighted by atomic mass is 9.64. The maximum Gasteiger partial charge on any atom is 0.143 e. The molecule has 5 heteroatoms. The molecule has 0 spiro atoms. The predicted octanol–water partition coefficient (Wildman–Crippen LogP) is 4.03. The molecular weight excluding hydrogens is 311 g/mol. The van der Waals surface area contributed by atoms with Gasteiger partial charge < -0.3 is 0 Å². The molecule has 118 valence electrons. The molecule has 3 rings (SSSR count). The number of benzene rings is 1. The van der Waals surface area contributed by atoms with Gasteiger partial charge in [0.15, 0.2) is 0 Å². The number of rotatable bonds is 1. The van der Waals surface area contributed by atoms with Crippen LogP contribution < -0.4 is 0 Å². The number of ketones is 1. The van der Waals surface area contributed by atoms with E-state index >= 15 is 0 Å². The van der Waals surface area contributed by atoms with E-state index in [0.29, 0.717) is 23.4 Å². The number of nitriles is 1. The van der Waals surface area contributed by atoms with E-state index in [1.54, 1.807) is 12.1 Å². The molecule has 0 N–H and O–H groups in total. The van der Waals surface area contributed by atoms with E-state index in [2.05, 4.69) is 23.7 Å². The highest BCUT2D eigenvalue weighted by atomic mass is 32.1. The largest absolute Gasteiger partial charge is 0.299 e. The maximum atomic E-state index is 13.2. The first-order valence-corrected chi connectivity index (χ1v) is 7.96. The van der Waals surface area contributed by atoms with Gasteiger partial charge in [0.2, 0.25) is 0 Å². The van der Waals surface area contributed by atoms with Gasteiger partial charge in [-0.15, -0.1) is 12.6 Å². The van der Waals surface area contributed by atoms with Crippen molar-refractivity contribution in [1.29, 1.82) is 5.26 Å². The summed E-state index contributed by atoms with van der Waals surface area (Å²) in [5.41, 5.74) is 1.77. The summed E-state index contributed by atoms with van der Waals surface area (Å²) in [5, 5.41) is 9.88. The minimum Gasteiger partial charge on any atom is -0.299 e. The van der Waals surface area contributed by atoms with E-state index < -0.39 is 11.8 Å². The van der Waals surface area contributed by atoms with Crippen LogP contribution in [0, 0.1) is 28.5 Å². The van der Waals surface area contributed by atoms with Crippen molar-refractivity contribution in [2.45, 2.75) is 32.6 Å². The number of carbonyl (C=O) groups excluding carboxylic acids is 1. The third-order valence-electron chi connectivity index (χ3n) is 4.50. The zero-order chi connectivity index (χ0) is 16.8. The minimum absolute atomic E-state index is 0.0860. The number of nitrogens with zero attached hydrogens (tertiary/aromatic N) is 2. The number of Topliss-reactive ketones (excluding diaryl/α,β-unsaturated/α-hetero) is 1. The van der Waals surface area contributed by atoms with Crippen molar-refractivity contribution < 1.29 is 9.18 Å². The Morgan fingerprint density at radius 2 is 1.91 bits per heavy atom. The van der Waals surface area contributed by atoms with Gasteiger partial charge in [0, 0.05) is 18.1 Å². The normalized spacial score (nSPS) is 26.4. The highest BCUT2D eigenvalue weighted by molar-refractivity contribution is 7.84. The number of fused-ring (bicyclic) bond motifs is 1. The van der Waals surface area contributed by atoms with Crippen LogP contribution in [0.4, 0.5) is 4.39 Å². The summed E-state index contributed by atoms with van der Waals surface area (Å²) in [6, 6.07) is 8.11. The van der Waals surface area contributed by atoms with E-state index in [1.807, 2.05) is 13.8 Å². The van der Waals surface area contributed by atoms with Crippen molar-refractivity contribution in [2.24, 2.45) is 16.3 Å². The van der Waals surface area contributed by atoms with Crippen molar-refractivity contribution in [2.75, 3.05) is 0 Å². The smallest absolute Gasteiger partial charge is 0.143 e. The first-order valence-electron chi connectivity index (χ1n) is 7.51. The first kappa shape index (κ1) is 15.9. The molecule has 1 aliphatic carbocycles. The number of thiol groups is 1. The Labute approximate surface area is 140 Å². The van der Waals surface area contributed by atoms with Crippen LogP contribution in [0.5, 0.6) is 0 Å². The van der Waals surface area contributed by atoms with Gasteiger partial charge in [-0.1, -0.05) is 26.0 Å². The lowest BCUT2D eigenvalue weighted by Crippen LogP contribution is -2.42. The Morgan fingerprint density at radius 3 is 2.52 bits per heavy atom. The molecule has 3 nitrogen and oxygen atoms in total. The monoisotopic (exact) mass is 328 g/mol. The van der Waals surface area contributed by atoms with Gasteiger partial charge in [0.1, 0.15) is 16.6 Å². The van der Waals surface area contributed by atoms with E-state index in [4.69, 9.17) is 0 Å². The fourth-order valence-corrected chi connectivity index (χ4v) is 3.89. The fraction of sp³-hybridized carbons (Fsp3) is 0.389. The van der Waals surface area contributed by atoms with E-state index in [1.165, 1.54) is 12.1 Å². The lowest BCUT2D eigenvalue weighted by Gasteiger charge is -2.40. The molecule has 2 atom stereocenters. The Kier molecular flexibility index (Phi) is 3.89. The SMILES string of the molecule is CC1(C)CC(=O)C2C(=NC(S)=C(C#N)[C@@H]2c2ccc(F)cc2)C1. The Morgan fingerprint density at radius 1 is 1.26 bits per heavy atom. The molecule has 0 bridgehead atoms. The Balaban J connectivity index is 2.14. The first-order chi connectivity index (χ1) is 10.8. The molecule has 0 saturated heterocycles. The van der Waals surface area contributed by atoms with Crippen LogP contribution in [0.3, 0.4) is 0 Å². The highest BCUT2D eigenvalue weighted by Crippen LogP contribution is 2.46. The minimum atomic E-state index is -0.445. The van der Waals surface area contributed by atoms with Crippen molar-refractivity contribution in [3.63, 3.8) is 0 Å². The van der Waals surface area contributed by atoms with Crippen molar-refractivity contribution in [1.82, 2.24) is 0 Å². The maximum absolute atomic E-state index is 13.2. The molecule has 1 aromatic carbocycles. The number of aliphatic imine (C=N–C) groups is 1. The summed E-state index contributed by atoms with van der Waals surface area (Å²) in [6.07, 6.45) is 1.15. The summed E-state index contributed by atoms with van der Waals surface area (Å²) >= 11 is 4.35. The average Bonchev–Trinajstić information content (AvgIpc) is 2.45. The van der Waals surface area contributed by atoms with E-state index in [-0.39, 0.29) is 17.0 Å². The van der Waals surface area contributed by atoms with Gasteiger partial charge in [-0.25, -0.2) is 9.38 Å². The number of allylic oxidation sites excluding steroid dienone is 1. The van der Waals surface area contributed by atoms with Gasteiger partial charge in [-0.05, 0) is 29.5 Å². The zero-order valence-corrected chi connectivity index (χ0v) is 13.9. The van der Waals surface area contributed by atoms with Gasteiger partial charge >= 0.3 is 0 Å². The van der Waals surface area contributed by atoms with Crippen molar-refractivity contribution >= 4 is 24.1 Å². The van der Waals surface area contributed by atoms with Crippen LogP contribution in [-0.2, 0) is 4.79 Å². The molecule has 1 fully saturated rings. The second-order valence-corrected chi connectivity index (χ2v) is 7.37. The highest BCUT2D eigenvalue weighted by Gasteiger charge is 2.46. The van der Waals surface area contributed by atoms with Crippen LogP contribution in [-0.4, -0.2) is 11.5 Å². The van der Waals surface area contributed by atoms with Gasteiger partial charge in [-0.3, -0.25) is 4.79 Å². The molecule has 0 amide bonds. The van der Waals surface area contributed by atoms with Crippen molar-refractivity contribution in [3.05, 3.63) is 46.2 Å². The topological polar surface area (TPSA) is 53.2 Å². The molecular formula is C18H17FN2OS. The van der Waals surface area contributed by atoms with Crippen molar-refractivity contribution in [3.8, 4) is 6.07 Å². The molecule has 1 unspecified atom stereocenters. The van der Waals surface area contributed by atoms with Gasteiger partial charge in [0.05, 0.1) is 17.6 Å². The zero-order valence-electron chi connectivity index (χ0n) is 13.0. The quantitative estimate of drug-likeness (QED) is 0.791. The Bertz CT molecular complexity index is 771. The molecule has 0 radical (unpaired) electrons. The number of halogens is 1. The third-order valence-corrected chi connectivity index (χ3v) is 4.84. The number of carbonyl (C=O) groups is 1. The van der Waals surface area contributed by atoms with Crippen LogP contribution in [0.1, 0.15) is 38.2 Å². The number of hydrogen-bond donors (Lipinski definition) is 1. The summed E-state index contributed by atoms with van der Waals surface area (Å²) in [6.45, 7) is 4.08. The third kappa shape index (κ3) is 2.84. The molecule has 1 aliphatic heterocycles. The van der Waals surface area contributed by atoms with Gasteiger partial charge in [0.25, 0.3) is 0 Å². The molecule has 23 heavy (non-hydrogen) atoms. The van der Waals surface area contributed by atoms with Crippen LogP contribution in [0.2, 0.25) is 0 Å². The predicted molar refractivity (Wildman–Crippen MR) is 89.7 cm³/mol. The molecule has 1 saturated carbocycles. The van der Waals surface area contributed by atoms with E-state index in [9.17, 15) is 14.4 Å². The van der Waals surface area contributed by atoms with E-state index in [0.717, 1.165) is 11.3 Å². The van der Waals surface area contributed by atoms with Crippen LogP contribution in [0.25, 0.3) is 0 Å². The molecule has 1 heterocycles. The molecule has 2 aliphatic rings. The molecule has 1 aromatic rings. The van der Waals surface area contributed by atoms with Crippen LogP contribution in [0.15, 0.2) is 39.9 Å². The second-order valence-electron chi connectivity index (χ2n) is 6.94.